The van der Waals surface area contributed by atoms with Gasteiger partial charge in [0.2, 0.25) is 0 Å². The Bertz CT molecular complexity index is 285. The highest BCUT2D eigenvalue weighted by Gasteiger charge is 2.26. The molecule has 2 N–H and O–H groups in total. The van der Waals surface area contributed by atoms with Crippen LogP contribution in [0.15, 0.2) is 0 Å². The summed E-state index contributed by atoms with van der Waals surface area (Å²) in [7, 11) is 0. The number of carbonyl (C=O) groups is 1. The van der Waals surface area contributed by atoms with Crippen molar-refractivity contribution in [3.63, 3.8) is 0 Å². The largest absolute Gasteiger partial charge is 0.392 e. The highest BCUT2D eigenvalue weighted by molar-refractivity contribution is 7.80. The molecular weight excluding hydrogens is 234 g/mol. The van der Waals surface area contributed by atoms with Crippen LogP contribution >= 0.6 is 12.2 Å². The van der Waals surface area contributed by atoms with Crippen LogP contribution in [0.2, 0.25) is 0 Å². The van der Waals surface area contributed by atoms with Crippen LogP contribution in [-0.2, 0) is 0 Å². The van der Waals surface area contributed by atoms with E-state index in [0.29, 0.717) is 11.5 Å². The molecule has 0 aromatic carbocycles. The molecule has 0 aromatic rings. The monoisotopic (exact) mass is 257 g/mol. The maximum atomic E-state index is 12.3. The van der Waals surface area contributed by atoms with Gasteiger partial charge in [0.15, 0.2) is 0 Å². The van der Waals surface area contributed by atoms with Crippen molar-refractivity contribution in [1.29, 1.82) is 0 Å². The summed E-state index contributed by atoms with van der Waals surface area (Å²) in [6.45, 7) is 8.28. The zero-order chi connectivity index (χ0) is 13.0. The molecule has 0 aliphatic carbocycles. The standard InChI is InChI=1S/C12H23N3OS/c1-9(2)15(8-11(13)17)12(16)14-6-4-10(3)5-7-14/h9-10H,4-8H2,1-3H3,(H2,13,17). The van der Waals surface area contributed by atoms with Gasteiger partial charge in [-0.1, -0.05) is 19.1 Å². The van der Waals surface area contributed by atoms with Gasteiger partial charge in [-0.3, -0.25) is 0 Å². The Morgan fingerprint density at radius 3 is 2.41 bits per heavy atom. The molecule has 0 spiro atoms. The summed E-state index contributed by atoms with van der Waals surface area (Å²) >= 11 is 4.90. The number of nitrogens with zero attached hydrogens (tertiary/aromatic N) is 2. The fraction of sp³-hybridized carbons (Fsp3) is 0.833. The van der Waals surface area contributed by atoms with Gasteiger partial charge in [-0.15, -0.1) is 0 Å². The van der Waals surface area contributed by atoms with Crippen LogP contribution in [0.5, 0.6) is 0 Å². The van der Waals surface area contributed by atoms with E-state index >= 15 is 0 Å². The van der Waals surface area contributed by atoms with Gasteiger partial charge in [0.1, 0.15) is 0 Å². The Hall–Kier alpha value is -0.840. The number of hydrogen-bond donors (Lipinski definition) is 1. The van der Waals surface area contributed by atoms with E-state index in [0.717, 1.165) is 31.8 Å². The predicted molar refractivity (Wildman–Crippen MR) is 74.0 cm³/mol. The molecule has 4 nitrogen and oxygen atoms in total. The van der Waals surface area contributed by atoms with Crippen LogP contribution in [0.3, 0.4) is 0 Å². The number of hydrogen-bond acceptors (Lipinski definition) is 2. The Morgan fingerprint density at radius 1 is 1.47 bits per heavy atom. The van der Waals surface area contributed by atoms with Gasteiger partial charge in [0.05, 0.1) is 11.5 Å². The molecule has 2 amide bonds. The molecule has 1 saturated heterocycles. The van der Waals surface area contributed by atoms with Crippen molar-refractivity contribution in [3.8, 4) is 0 Å². The third-order valence-corrected chi connectivity index (χ3v) is 3.38. The third-order valence-electron chi connectivity index (χ3n) is 3.25. The Kier molecular flexibility index (Phi) is 5.18. The second kappa shape index (κ2) is 6.19. The highest BCUT2D eigenvalue weighted by Crippen LogP contribution is 2.18. The van der Waals surface area contributed by atoms with Crippen molar-refractivity contribution < 1.29 is 4.79 Å². The average Bonchev–Trinajstić information content (AvgIpc) is 2.25. The first kappa shape index (κ1) is 14.2. The summed E-state index contributed by atoms with van der Waals surface area (Å²) in [6.07, 6.45) is 2.18. The number of rotatable bonds is 3. The van der Waals surface area contributed by atoms with Crippen molar-refractivity contribution in [3.05, 3.63) is 0 Å². The summed E-state index contributed by atoms with van der Waals surface area (Å²) in [5.74, 6) is 0.724. The number of urea groups is 1. The first-order valence-corrected chi connectivity index (χ1v) is 6.66. The van der Waals surface area contributed by atoms with Crippen molar-refractivity contribution in [1.82, 2.24) is 9.80 Å². The smallest absolute Gasteiger partial charge is 0.320 e. The molecule has 0 aromatic heterocycles. The summed E-state index contributed by atoms with van der Waals surface area (Å²) in [5.41, 5.74) is 5.54. The van der Waals surface area contributed by atoms with E-state index in [9.17, 15) is 4.79 Å². The van der Waals surface area contributed by atoms with Gasteiger partial charge in [-0.2, -0.15) is 0 Å². The minimum Gasteiger partial charge on any atom is -0.392 e. The summed E-state index contributed by atoms with van der Waals surface area (Å²) in [6, 6.07) is 0.197. The van der Waals surface area contributed by atoms with Gasteiger partial charge in [0, 0.05) is 19.1 Å². The molecule has 0 radical (unpaired) electrons. The molecule has 0 unspecified atom stereocenters. The lowest BCUT2D eigenvalue weighted by Gasteiger charge is -2.36. The normalized spacial score (nSPS) is 17.3. The van der Waals surface area contributed by atoms with Crippen LogP contribution in [0.25, 0.3) is 0 Å². The zero-order valence-electron chi connectivity index (χ0n) is 11.0. The molecule has 0 atom stereocenters. The number of thiocarbonyl (C=S) groups is 1. The minimum atomic E-state index is 0.0692. The van der Waals surface area contributed by atoms with Gasteiger partial charge >= 0.3 is 6.03 Å². The van der Waals surface area contributed by atoms with E-state index in [1.54, 1.807) is 4.90 Å². The van der Waals surface area contributed by atoms with Crippen LogP contribution in [0.1, 0.15) is 33.6 Å². The Morgan fingerprint density at radius 2 is 2.00 bits per heavy atom. The Balaban J connectivity index is 2.61. The van der Waals surface area contributed by atoms with E-state index in [-0.39, 0.29) is 12.1 Å². The highest BCUT2D eigenvalue weighted by atomic mass is 32.1. The van der Waals surface area contributed by atoms with Crippen molar-refractivity contribution >= 4 is 23.2 Å². The van der Waals surface area contributed by atoms with Crippen LogP contribution < -0.4 is 5.73 Å². The fourth-order valence-electron chi connectivity index (χ4n) is 2.02. The summed E-state index contributed by atoms with van der Waals surface area (Å²) in [5, 5.41) is 0. The van der Waals surface area contributed by atoms with Gasteiger partial charge in [-0.25, -0.2) is 4.79 Å². The fourth-order valence-corrected chi connectivity index (χ4v) is 2.16. The molecule has 5 heteroatoms. The van der Waals surface area contributed by atoms with Crippen LogP contribution in [0, 0.1) is 5.92 Å². The van der Waals surface area contributed by atoms with E-state index in [4.69, 9.17) is 18.0 Å². The molecule has 98 valence electrons. The molecule has 0 saturated carbocycles. The van der Waals surface area contributed by atoms with Crippen molar-refractivity contribution in [2.24, 2.45) is 11.7 Å². The van der Waals surface area contributed by atoms with E-state index in [2.05, 4.69) is 6.92 Å². The number of likely N-dealkylation sites (tertiary alicyclic amines) is 1. The van der Waals surface area contributed by atoms with E-state index < -0.39 is 0 Å². The van der Waals surface area contributed by atoms with Crippen LogP contribution in [-0.4, -0.2) is 46.5 Å². The second-order valence-electron chi connectivity index (χ2n) is 5.14. The number of carbonyl (C=O) groups excluding carboxylic acids is 1. The lowest BCUT2D eigenvalue weighted by molar-refractivity contribution is 0.130. The lowest BCUT2D eigenvalue weighted by Crippen LogP contribution is -2.51. The topological polar surface area (TPSA) is 49.6 Å². The van der Waals surface area contributed by atoms with Gasteiger partial charge < -0.3 is 15.5 Å². The maximum absolute atomic E-state index is 12.3. The maximum Gasteiger partial charge on any atom is 0.320 e. The van der Waals surface area contributed by atoms with E-state index in [1.807, 2.05) is 18.7 Å². The SMILES string of the molecule is CC1CCN(C(=O)N(CC(N)=S)C(C)C)CC1. The molecule has 1 aliphatic heterocycles. The summed E-state index contributed by atoms with van der Waals surface area (Å²) < 4.78 is 0. The van der Waals surface area contributed by atoms with Crippen LogP contribution in [0.4, 0.5) is 4.79 Å². The molecule has 1 aliphatic rings. The summed E-state index contributed by atoms with van der Waals surface area (Å²) in [4.78, 5) is 16.4. The number of piperidine rings is 1. The zero-order valence-corrected chi connectivity index (χ0v) is 11.8. The molecule has 1 heterocycles. The molecule has 0 bridgehead atoms. The van der Waals surface area contributed by atoms with E-state index in [1.165, 1.54) is 0 Å². The Labute approximate surface area is 109 Å². The minimum absolute atomic E-state index is 0.0692. The molecule has 1 rings (SSSR count). The quantitative estimate of drug-likeness (QED) is 0.785. The van der Waals surface area contributed by atoms with Crippen molar-refractivity contribution in [2.75, 3.05) is 19.6 Å². The average molecular weight is 257 g/mol. The van der Waals surface area contributed by atoms with Gasteiger partial charge in [0.25, 0.3) is 0 Å². The number of amides is 2. The first-order chi connectivity index (χ1) is 7.91. The van der Waals surface area contributed by atoms with Gasteiger partial charge in [-0.05, 0) is 32.6 Å². The lowest BCUT2D eigenvalue weighted by atomic mass is 9.99. The molecular formula is C12H23N3OS. The second-order valence-corrected chi connectivity index (χ2v) is 5.66. The predicted octanol–water partition coefficient (Wildman–Crippen LogP) is 1.83. The number of nitrogens with two attached hydrogens (primary N) is 1. The third kappa shape index (κ3) is 4.15. The molecule has 1 fully saturated rings. The molecule has 17 heavy (non-hydrogen) atoms. The van der Waals surface area contributed by atoms with Crippen molar-refractivity contribution in [2.45, 2.75) is 39.7 Å². The first-order valence-electron chi connectivity index (χ1n) is 6.25.